The number of nitrogens with zero attached hydrogens (tertiary/aromatic N) is 2. The van der Waals surface area contributed by atoms with Crippen LogP contribution in [0.25, 0.3) is 0 Å². The zero-order valence-corrected chi connectivity index (χ0v) is 11.6. The summed E-state index contributed by atoms with van der Waals surface area (Å²) in [5.41, 5.74) is 6.00. The molecule has 1 aliphatic rings. The number of nitro groups is 1. The van der Waals surface area contributed by atoms with Gasteiger partial charge in [0.2, 0.25) is 0 Å². The predicted octanol–water partition coefficient (Wildman–Crippen LogP) is 2.69. The number of nitrogens with two attached hydrogens (primary N) is 1. The van der Waals surface area contributed by atoms with Crippen LogP contribution in [0.3, 0.4) is 0 Å². The van der Waals surface area contributed by atoms with Crippen LogP contribution in [-0.2, 0) is 0 Å². The number of hydrogen-bond acceptors (Lipinski definition) is 4. The highest BCUT2D eigenvalue weighted by Crippen LogP contribution is 2.32. The Balaban J connectivity index is 2.24. The topological polar surface area (TPSA) is 72.4 Å². The summed E-state index contributed by atoms with van der Waals surface area (Å²) in [6, 6.07) is 3.92. The third kappa shape index (κ3) is 2.90. The molecule has 0 bridgehead atoms. The van der Waals surface area contributed by atoms with Crippen molar-refractivity contribution in [2.45, 2.75) is 32.2 Å². The van der Waals surface area contributed by atoms with Crippen molar-refractivity contribution in [2.24, 2.45) is 11.7 Å². The molecule has 0 saturated carbocycles. The van der Waals surface area contributed by atoms with Gasteiger partial charge in [-0.05, 0) is 24.8 Å². The first-order chi connectivity index (χ1) is 9.56. The second kappa shape index (κ2) is 6.17. The quantitative estimate of drug-likeness (QED) is 0.680. The Morgan fingerprint density at radius 2 is 2.30 bits per heavy atom. The minimum atomic E-state index is -0.587. The van der Waals surface area contributed by atoms with Gasteiger partial charge in [-0.3, -0.25) is 10.1 Å². The van der Waals surface area contributed by atoms with Gasteiger partial charge >= 0.3 is 0 Å². The molecule has 20 heavy (non-hydrogen) atoms. The predicted molar refractivity (Wildman–Crippen MR) is 76.3 cm³/mol. The van der Waals surface area contributed by atoms with Crippen LogP contribution in [0.15, 0.2) is 18.2 Å². The van der Waals surface area contributed by atoms with Gasteiger partial charge in [0.15, 0.2) is 5.82 Å². The van der Waals surface area contributed by atoms with Crippen LogP contribution in [0.1, 0.15) is 26.2 Å². The summed E-state index contributed by atoms with van der Waals surface area (Å²) in [5, 5.41) is 10.6. The van der Waals surface area contributed by atoms with E-state index in [4.69, 9.17) is 5.73 Å². The molecule has 2 atom stereocenters. The third-order valence-electron chi connectivity index (χ3n) is 4.13. The number of nitro benzene ring substituents is 1. The molecule has 1 aromatic rings. The van der Waals surface area contributed by atoms with E-state index in [-0.39, 0.29) is 11.7 Å². The van der Waals surface area contributed by atoms with Gasteiger partial charge in [-0.2, -0.15) is 0 Å². The molecule has 0 amide bonds. The molecule has 0 aromatic heterocycles. The van der Waals surface area contributed by atoms with Crippen LogP contribution < -0.4 is 10.6 Å². The van der Waals surface area contributed by atoms with Crippen LogP contribution in [-0.4, -0.2) is 24.1 Å². The maximum Gasteiger partial charge on any atom is 0.272 e. The molecule has 2 unspecified atom stereocenters. The SMILES string of the molecule is CCC1CCN(c2ccc([N+](=O)[O-])cc2F)C(CN)C1. The number of rotatable bonds is 4. The van der Waals surface area contributed by atoms with E-state index in [1.807, 2.05) is 4.90 Å². The Labute approximate surface area is 117 Å². The Morgan fingerprint density at radius 3 is 2.85 bits per heavy atom. The Morgan fingerprint density at radius 1 is 1.55 bits per heavy atom. The lowest BCUT2D eigenvalue weighted by molar-refractivity contribution is -0.385. The standard InChI is InChI=1S/C14H20FN3O2/c1-2-10-5-6-17(12(7-10)9-16)14-4-3-11(18(19)20)8-13(14)15/h3-4,8,10,12H,2,5-7,9,16H2,1H3. The average Bonchev–Trinajstić information content (AvgIpc) is 2.46. The fourth-order valence-corrected chi connectivity index (χ4v) is 2.89. The van der Waals surface area contributed by atoms with Gasteiger partial charge in [-0.25, -0.2) is 4.39 Å². The van der Waals surface area contributed by atoms with E-state index in [0.29, 0.717) is 18.2 Å². The molecule has 0 aliphatic carbocycles. The number of benzene rings is 1. The molecule has 1 aliphatic heterocycles. The minimum absolute atomic E-state index is 0.102. The maximum absolute atomic E-state index is 14.1. The fourth-order valence-electron chi connectivity index (χ4n) is 2.89. The molecular weight excluding hydrogens is 261 g/mol. The maximum atomic E-state index is 14.1. The van der Waals surface area contributed by atoms with Crippen molar-refractivity contribution in [1.82, 2.24) is 0 Å². The smallest absolute Gasteiger partial charge is 0.272 e. The zero-order valence-electron chi connectivity index (χ0n) is 11.6. The number of hydrogen-bond donors (Lipinski definition) is 1. The molecule has 110 valence electrons. The highest BCUT2D eigenvalue weighted by molar-refractivity contribution is 5.53. The van der Waals surface area contributed by atoms with Crippen molar-refractivity contribution in [1.29, 1.82) is 0 Å². The van der Waals surface area contributed by atoms with Crippen molar-refractivity contribution < 1.29 is 9.31 Å². The highest BCUT2D eigenvalue weighted by atomic mass is 19.1. The number of non-ortho nitro benzene ring substituents is 1. The summed E-state index contributed by atoms with van der Waals surface area (Å²) in [6.07, 6.45) is 3.06. The number of anilines is 1. The summed E-state index contributed by atoms with van der Waals surface area (Å²) in [6.45, 7) is 3.36. The van der Waals surface area contributed by atoms with Gasteiger partial charge in [-0.1, -0.05) is 13.3 Å². The molecule has 5 nitrogen and oxygen atoms in total. The van der Waals surface area contributed by atoms with Gasteiger partial charge in [0.1, 0.15) is 0 Å². The Hall–Kier alpha value is -1.69. The monoisotopic (exact) mass is 281 g/mol. The van der Waals surface area contributed by atoms with Crippen LogP contribution in [0.4, 0.5) is 15.8 Å². The van der Waals surface area contributed by atoms with Gasteiger partial charge in [-0.15, -0.1) is 0 Å². The lowest BCUT2D eigenvalue weighted by Gasteiger charge is -2.40. The van der Waals surface area contributed by atoms with E-state index >= 15 is 0 Å². The van der Waals surface area contributed by atoms with E-state index in [2.05, 4.69) is 6.92 Å². The molecule has 2 N–H and O–H groups in total. The normalized spacial score (nSPS) is 22.9. The summed E-state index contributed by atoms with van der Waals surface area (Å²) in [7, 11) is 0. The second-order valence-corrected chi connectivity index (χ2v) is 5.27. The van der Waals surface area contributed by atoms with Crippen molar-refractivity contribution in [3.05, 3.63) is 34.1 Å². The number of halogens is 1. The average molecular weight is 281 g/mol. The second-order valence-electron chi connectivity index (χ2n) is 5.27. The van der Waals surface area contributed by atoms with Gasteiger partial charge in [0, 0.05) is 25.2 Å². The van der Waals surface area contributed by atoms with Crippen molar-refractivity contribution in [3.8, 4) is 0 Å². The lowest BCUT2D eigenvalue weighted by atomic mass is 9.88. The van der Waals surface area contributed by atoms with E-state index in [9.17, 15) is 14.5 Å². The highest BCUT2D eigenvalue weighted by Gasteiger charge is 2.28. The van der Waals surface area contributed by atoms with Gasteiger partial charge in [0.05, 0.1) is 16.7 Å². The molecule has 1 fully saturated rings. The van der Waals surface area contributed by atoms with Crippen LogP contribution in [0.2, 0.25) is 0 Å². The molecule has 2 rings (SSSR count). The van der Waals surface area contributed by atoms with Crippen LogP contribution in [0.5, 0.6) is 0 Å². The van der Waals surface area contributed by atoms with E-state index < -0.39 is 10.7 Å². The first kappa shape index (κ1) is 14.7. The minimum Gasteiger partial charge on any atom is -0.365 e. The van der Waals surface area contributed by atoms with E-state index in [1.165, 1.54) is 12.1 Å². The largest absolute Gasteiger partial charge is 0.365 e. The van der Waals surface area contributed by atoms with Gasteiger partial charge < -0.3 is 10.6 Å². The summed E-state index contributed by atoms with van der Waals surface area (Å²) >= 11 is 0. The molecule has 1 aromatic carbocycles. The molecule has 1 heterocycles. The zero-order chi connectivity index (χ0) is 14.7. The number of piperidine rings is 1. The third-order valence-corrected chi connectivity index (χ3v) is 4.13. The first-order valence-corrected chi connectivity index (χ1v) is 6.97. The van der Waals surface area contributed by atoms with Crippen LogP contribution in [0, 0.1) is 21.8 Å². The molecule has 6 heteroatoms. The van der Waals surface area contributed by atoms with Crippen LogP contribution >= 0.6 is 0 Å². The van der Waals surface area contributed by atoms with E-state index in [1.54, 1.807) is 0 Å². The van der Waals surface area contributed by atoms with Crippen molar-refractivity contribution >= 4 is 11.4 Å². The fraction of sp³-hybridized carbons (Fsp3) is 0.571. The first-order valence-electron chi connectivity index (χ1n) is 6.97. The summed E-state index contributed by atoms with van der Waals surface area (Å²) < 4.78 is 14.1. The van der Waals surface area contributed by atoms with E-state index in [0.717, 1.165) is 31.9 Å². The summed E-state index contributed by atoms with van der Waals surface area (Å²) in [5.74, 6) is 0.0773. The van der Waals surface area contributed by atoms with Crippen molar-refractivity contribution in [2.75, 3.05) is 18.0 Å². The molecule has 1 saturated heterocycles. The van der Waals surface area contributed by atoms with Crippen molar-refractivity contribution in [3.63, 3.8) is 0 Å². The molecule has 0 spiro atoms. The molecular formula is C14H20FN3O2. The lowest BCUT2D eigenvalue weighted by Crippen LogP contribution is -2.47. The van der Waals surface area contributed by atoms with Gasteiger partial charge in [0.25, 0.3) is 5.69 Å². The Bertz CT molecular complexity index is 495. The molecule has 0 radical (unpaired) electrons. The Kier molecular flexibility index (Phi) is 4.54. The summed E-state index contributed by atoms with van der Waals surface area (Å²) in [4.78, 5) is 12.0.